The van der Waals surface area contributed by atoms with Crippen LogP contribution in [-0.2, 0) is 10.5 Å². The monoisotopic (exact) mass is 235 g/mol. The van der Waals surface area contributed by atoms with E-state index in [0.29, 0.717) is 5.25 Å². The van der Waals surface area contributed by atoms with E-state index < -0.39 is 0 Å². The molecule has 0 saturated carbocycles. The minimum absolute atomic E-state index is 0.637. The molecule has 16 heavy (non-hydrogen) atoms. The van der Waals surface area contributed by atoms with Gasteiger partial charge in [0.2, 0.25) is 0 Å². The molecule has 1 aliphatic heterocycles. The molecule has 0 bridgehead atoms. The van der Waals surface area contributed by atoms with E-state index in [1.165, 1.54) is 0 Å². The Labute approximate surface area is 97.6 Å². The van der Waals surface area contributed by atoms with Crippen molar-refractivity contribution in [1.29, 1.82) is 0 Å². The predicted octanol–water partition coefficient (Wildman–Crippen LogP) is 1.78. The van der Waals surface area contributed by atoms with Gasteiger partial charge in [-0.1, -0.05) is 0 Å². The lowest BCUT2D eigenvalue weighted by atomic mass is 10.3. The third-order valence-electron chi connectivity index (χ3n) is 2.62. The number of rotatable bonds is 3. The average molecular weight is 235 g/mol. The first-order chi connectivity index (χ1) is 7.81. The van der Waals surface area contributed by atoms with Gasteiger partial charge < -0.3 is 15.5 Å². The van der Waals surface area contributed by atoms with Crippen LogP contribution in [0, 0.1) is 0 Å². The maximum Gasteiger partial charge on any atom is 0.117 e. The molecule has 1 fully saturated rings. The van der Waals surface area contributed by atoms with E-state index in [1.807, 2.05) is 30.0 Å². The smallest absolute Gasteiger partial charge is 0.117 e. The molecule has 4 nitrogen and oxygen atoms in total. The molecule has 0 atom stereocenters. The molecule has 2 heterocycles. The number of nitrogen functional groups attached to an aromatic ring is 1. The lowest BCUT2D eigenvalue weighted by Crippen LogP contribution is -2.30. The number of nitrogens with zero attached hydrogens (tertiary/aromatic N) is 1. The number of ether oxygens (including phenoxy) is 1. The first-order valence-electron chi connectivity index (χ1n) is 5.25. The molecule has 3 rings (SSSR count). The summed E-state index contributed by atoms with van der Waals surface area (Å²) in [6.07, 6.45) is 0. The Hall–Kier alpha value is -1.20. The fourth-order valence-electron chi connectivity index (χ4n) is 1.66. The SMILES string of the molecule is Nc1ccc2nc(CSC3COC3)[nH]c2c1. The Balaban J connectivity index is 1.76. The van der Waals surface area contributed by atoms with E-state index in [1.54, 1.807) is 0 Å². The highest BCUT2D eigenvalue weighted by molar-refractivity contribution is 7.99. The second-order valence-electron chi connectivity index (χ2n) is 3.93. The number of H-pyrrole nitrogens is 1. The number of nitrogens with two attached hydrogens (primary N) is 1. The fourth-order valence-corrected chi connectivity index (χ4v) is 2.57. The number of aromatic nitrogens is 2. The average Bonchev–Trinajstić information content (AvgIpc) is 2.57. The van der Waals surface area contributed by atoms with Crippen molar-refractivity contribution in [3.63, 3.8) is 0 Å². The van der Waals surface area contributed by atoms with Crippen LogP contribution in [-0.4, -0.2) is 28.4 Å². The van der Waals surface area contributed by atoms with Gasteiger partial charge in [0.1, 0.15) is 5.82 Å². The third kappa shape index (κ3) is 1.88. The quantitative estimate of drug-likeness (QED) is 0.796. The zero-order valence-electron chi connectivity index (χ0n) is 8.77. The van der Waals surface area contributed by atoms with Gasteiger partial charge >= 0.3 is 0 Å². The highest BCUT2D eigenvalue weighted by Crippen LogP contribution is 2.23. The topological polar surface area (TPSA) is 63.9 Å². The molecular formula is C11H13N3OS. The Morgan fingerprint density at radius 2 is 2.38 bits per heavy atom. The first-order valence-corrected chi connectivity index (χ1v) is 6.29. The van der Waals surface area contributed by atoms with Crippen LogP contribution in [0.15, 0.2) is 18.2 Å². The molecule has 0 amide bonds. The van der Waals surface area contributed by atoms with E-state index >= 15 is 0 Å². The number of fused-ring (bicyclic) bond motifs is 1. The van der Waals surface area contributed by atoms with E-state index in [9.17, 15) is 0 Å². The minimum atomic E-state index is 0.637. The highest BCUT2D eigenvalue weighted by Gasteiger charge is 2.19. The predicted molar refractivity (Wildman–Crippen MR) is 66.4 cm³/mol. The van der Waals surface area contributed by atoms with Gasteiger partial charge in [0.05, 0.1) is 35.2 Å². The number of hydrogen-bond donors (Lipinski definition) is 2. The van der Waals surface area contributed by atoms with Crippen LogP contribution in [0.4, 0.5) is 5.69 Å². The van der Waals surface area contributed by atoms with Crippen LogP contribution in [0.3, 0.4) is 0 Å². The van der Waals surface area contributed by atoms with E-state index in [-0.39, 0.29) is 0 Å². The summed E-state index contributed by atoms with van der Waals surface area (Å²) in [6, 6.07) is 5.74. The number of hydrogen-bond acceptors (Lipinski definition) is 4. The fraction of sp³-hybridized carbons (Fsp3) is 0.364. The second kappa shape index (κ2) is 3.99. The van der Waals surface area contributed by atoms with Crippen molar-refractivity contribution in [3.8, 4) is 0 Å². The highest BCUT2D eigenvalue weighted by atomic mass is 32.2. The Morgan fingerprint density at radius 1 is 1.50 bits per heavy atom. The van der Waals surface area contributed by atoms with Crippen molar-refractivity contribution in [2.24, 2.45) is 0 Å². The molecule has 1 aromatic carbocycles. The van der Waals surface area contributed by atoms with E-state index in [2.05, 4.69) is 9.97 Å². The molecular weight excluding hydrogens is 222 g/mol. The summed E-state index contributed by atoms with van der Waals surface area (Å²) in [4.78, 5) is 7.80. The summed E-state index contributed by atoms with van der Waals surface area (Å²) in [7, 11) is 0. The summed E-state index contributed by atoms with van der Waals surface area (Å²) in [6.45, 7) is 1.75. The van der Waals surface area contributed by atoms with E-state index in [4.69, 9.17) is 10.5 Å². The van der Waals surface area contributed by atoms with Crippen molar-refractivity contribution in [2.45, 2.75) is 11.0 Å². The first kappa shape index (κ1) is 9.99. The number of imidazole rings is 1. The third-order valence-corrected chi connectivity index (χ3v) is 3.80. The van der Waals surface area contributed by atoms with Gasteiger partial charge in [-0.2, -0.15) is 0 Å². The van der Waals surface area contributed by atoms with Gasteiger partial charge in [-0.15, -0.1) is 11.8 Å². The molecule has 0 aliphatic carbocycles. The minimum Gasteiger partial charge on any atom is -0.399 e. The van der Waals surface area contributed by atoms with Crippen LogP contribution >= 0.6 is 11.8 Å². The van der Waals surface area contributed by atoms with Crippen LogP contribution in [0.2, 0.25) is 0 Å². The molecule has 0 unspecified atom stereocenters. The molecule has 1 aromatic heterocycles. The van der Waals surface area contributed by atoms with Crippen molar-refractivity contribution < 1.29 is 4.74 Å². The summed E-state index contributed by atoms with van der Waals surface area (Å²) in [5, 5.41) is 0.637. The summed E-state index contributed by atoms with van der Waals surface area (Å²) >= 11 is 1.89. The summed E-state index contributed by atoms with van der Waals surface area (Å²) in [5.41, 5.74) is 8.48. The number of anilines is 1. The lowest BCUT2D eigenvalue weighted by molar-refractivity contribution is 0.0455. The number of aromatic amines is 1. The van der Waals surface area contributed by atoms with Crippen molar-refractivity contribution >= 4 is 28.5 Å². The maximum atomic E-state index is 5.72. The van der Waals surface area contributed by atoms with Gasteiger partial charge in [-0.05, 0) is 18.2 Å². The van der Waals surface area contributed by atoms with Gasteiger partial charge in [-0.3, -0.25) is 0 Å². The van der Waals surface area contributed by atoms with Crippen molar-refractivity contribution in [3.05, 3.63) is 24.0 Å². The zero-order chi connectivity index (χ0) is 11.0. The lowest BCUT2D eigenvalue weighted by Gasteiger charge is -2.24. The van der Waals surface area contributed by atoms with E-state index in [0.717, 1.165) is 41.5 Å². The van der Waals surface area contributed by atoms with Gasteiger partial charge in [0.25, 0.3) is 0 Å². The van der Waals surface area contributed by atoms with Crippen LogP contribution in [0.1, 0.15) is 5.82 Å². The zero-order valence-corrected chi connectivity index (χ0v) is 9.59. The standard InChI is InChI=1S/C11H13N3OS/c12-7-1-2-9-10(3-7)14-11(13-9)6-16-8-4-15-5-8/h1-3,8H,4-6,12H2,(H,13,14). The number of benzene rings is 1. The molecule has 1 aliphatic rings. The molecule has 2 aromatic rings. The normalized spacial score (nSPS) is 16.5. The van der Waals surface area contributed by atoms with Crippen LogP contribution in [0.25, 0.3) is 11.0 Å². The van der Waals surface area contributed by atoms with Crippen molar-refractivity contribution in [2.75, 3.05) is 18.9 Å². The molecule has 5 heteroatoms. The molecule has 1 saturated heterocycles. The maximum absolute atomic E-state index is 5.72. The largest absolute Gasteiger partial charge is 0.399 e. The molecule has 84 valence electrons. The van der Waals surface area contributed by atoms with Gasteiger partial charge in [0, 0.05) is 5.69 Å². The van der Waals surface area contributed by atoms with Crippen molar-refractivity contribution in [1.82, 2.24) is 9.97 Å². The molecule has 0 spiro atoms. The number of nitrogens with one attached hydrogen (secondary N) is 1. The Bertz CT molecular complexity index is 507. The molecule has 3 N–H and O–H groups in total. The summed E-state index contributed by atoms with van der Waals surface area (Å²) in [5.74, 6) is 1.92. The number of thioether (sulfide) groups is 1. The Kier molecular flexibility index (Phi) is 2.49. The van der Waals surface area contributed by atoms with Gasteiger partial charge in [0.15, 0.2) is 0 Å². The van der Waals surface area contributed by atoms with Crippen LogP contribution < -0.4 is 5.73 Å². The van der Waals surface area contributed by atoms with Gasteiger partial charge in [-0.25, -0.2) is 4.98 Å². The van der Waals surface area contributed by atoms with Crippen LogP contribution in [0.5, 0.6) is 0 Å². The Morgan fingerprint density at radius 3 is 3.12 bits per heavy atom. The molecule has 0 radical (unpaired) electrons. The summed E-state index contributed by atoms with van der Waals surface area (Å²) < 4.78 is 5.13. The second-order valence-corrected chi connectivity index (χ2v) is 5.22.